The molecule has 0 aliphatic rings. The standard InChI is InChI=1S/C13H12ClN3/c14-10-6-4-9(5-7-10)8-11-2-1-3-12(17-11)13(15)16/h1-7H,8H2,(H3,15,16). The van der Waals surface area contributed by atoms with Gasteiger partial charge in [-0.1, -0.05) is 29.8 Å². The van der Waals surface area contributed by atoms with E-state index in [0.717, 1.165) is 16.3 Å². The molecule has 17 heavy (non-hydrogen) atoms. The van der Waals surface area contributed by atoms with Gasteiger partial charge in [0.2, 0.25) is 0 Å². The summed E-state index contributed by atoms with van der Waals surface area (Å²) in [6.07, 6.45) is 0.707. The molecule has 1 heterocycles. The van der Waals surface area contributed by atoms with Gasteiger partial charge in [-0.2, -0.15) is 0 Å². The van der Waals surface area contributed by atoms with Gasteiger partial charge in [-0.15, -0.1) is 0 Å². The third-order valence-electron chi connectivity index (χ3n) is 2.38. The summed E-state index contributed by atoms with van der Waals surface area (Å²) in [7, 11) is 0. The van der Waals surface area contributed by atoms with Crippen LogP contribution in [0.3, 0.4) is 0 Å². The van der Waals surface area contributed by atoms with E-state index in [4.69, 9.17) is 22.7 Å². The first kappa shape index (κ1) is 11.6. The molecule has 0 aliphatic heterocycles. The van der Waals surface area contributed by atoms with Gasteiger partial charge in [0.15, 0.2) is 0 Å². The van der Waals surface area contributed by atoms with Crippen LogP contribution in [0, 0.1) is 5.41 Å². The first-order valence-electron chi connectivity index (χ1n) is 5.20. The molecule has 2 aromatic rings. The third-order valence-corrected chi connectivity index (χ3v) is 2.63. The van der Waals surface area contributed by atoms with Crippen LogP contribution in [0.1, 0.15) is 17.0 Å². The van der Waals surface area contributed by atoms with Gasteiger partial charge in [-0.3, -0.25) is 5.41 Å². The largest absolute Gasteiger partial charge is 0.382 e. The summed E-state index contributed by atoms with van der Waals surface area (Å²) in [5.41, 5.74) is 7.93. The van der Waals surface area contributed by atoms with E-state index in [1.165, 1.54) is 0 Å². The smallest absolute Gasteiger partial charge is 0.141 e. The van der Waals surface area contributed by atoms with Crippen molar-refractivity contribution in [3.05, 3.63) is 64.4 Å². The van der Waals surface area contributed by atoms with Crippen LogP contribution in [0.2, 0.25) is 5.02 Å². The van der Waals surface area contributed by atoms with Gasteiger partial charge in [0.25, 0.3) is 0 Å². The van der Waals surface area contributed by atoms with Gasteiger partial charge >= 0.3 is 0 Å². The van der Waals surface area contributed by atoms with E-state index in [2.05, 4.69) is 4.98 Å². The van der Waals surface area contributed by atoms with E-state index >= 15 is 0 Å². The maximum atomic E-state index is 7.34. The quantitative estimate of drug-likeness (QED) is 0.645. The first-order chi connectivity index (χ1) is 8.15. The monoisotopic (exact) mass is 245 g/mol. The zero-order valence-corrected chi connectivity index (χ0v) is 9.91. The van der Waals surface area contributed by atoms with Gasteiger partial charge in [0.1, 0.15) is 11.5 Å². The van der Waals surface area contributed by atoms with Crippen molar-refractivity contribution in [3.8, 4) is 0 Å². The Morgan fingerprint density at radius 1 is 1.18 bits per heavy atom. The third kappa shape index (κ3) is 3.04. The van der Waals surface area contributed by atoms with E-state index < -0.39 is 0 Å². The second-order valence-corrected chi connectivity index (χ2v) is 4.17. The normalized spacial score (nSPS) is 10.2. The minimum absolute atomic E-state index is 0.0112. The summed E-state index contributed by atoms with van der Waals surface area (Å²) in [6.45, 7) is 0. The molecule has 3 N–H and O–H groups in total. The summed E-state index contributed by atoms with van der Waals surface area (Å²) in [5.74, 6) is -0.0112. The number of pyridine rings is 1. The lowest BCUT2D eigenvalue weighted by Crippen LogP contribution is -2.13. The highest BCUT2D eigenvalue weighted by Crippen LogP contribution is 2.12. The van der Waals surface area contributed by atoms with Crippen LogP contribution in [-0.2, 0) is 6.42 Å². The number of nitrogens with zero attached hydrogens (tertiary/aromatic N) is 1. The van der Waals surface area contributed by atoms with E-state index in [1.807, 2.05) is 36.4 Å². The Morgan fingerprint density at radius 3 is 2.53 bits per heavy atom. The highest BCUT2D eigenvalue weighted by atomic mass is 35.5. The fourth-order valence-electron chi connectivity index (χ4n) is 1.54. The van der Waals surface area contributed by atoms with Crippen molar-refractivity contribution in [2.45, 2.75) is 6.42 Å². The molecule has 0 amide bonds. The number of hydrogen-bond acceptors (Lipinski definition) is 2. The van der Waals surface area contributed by atoms with Crippen LogP contribution in [-0.4, -0.2) is 10.8 Å². The lowest BCUT2D eigenvalue weighted by molar-refractivity contribution is 1.06. The lowest BCUT2D eigenvalue weighted by Gasteiger charge is -2.03. The molecule has 1 aromatic carbocycles. The van der Waals surface area contributed by atoms with Crippen molar-refractivity contribution in [1.82, 2.24) is 4.98 Å². The highest BCUT2D eigenvalue weighted by Gasteiger charge is 2.01. The Morgan fingerprint density at radius 2 is 1.88 bits per heavy atom. The average molecular weight is 246 g/mol. The topological polar surface area (TPSA) is 62.8 Å². The molecule has 0 bridgehead atoms. The van der Waals surface area contributed by atoms with Gasteiger partial charge in [-0.05, 0) is 29.8 Å². The molecule has 0 saturated heterocycles. The van der Waals surface area contributed by atoms with Crippen molar-refractivity contribution in [2.24, 2.45) is 5.73 Å². The zero-order valence-electron chi connectivity index (χ0n) is 9.15. The van der Waals surface area contributed by atoms with Crippen molar-refractivity contribution in [2.75, 3.05) is 0 Å². The minimum Gasteiger partial charge on any atom is -0.382 e. The fraction of sp³-hybridized carbons (Fsp3) is 0.0769. The molecule has 0 spiro atoms. The Hall–Kier alpha value is -1.87. The predicted molar refractivity (Wildman–Crippen MR) is 69.5 cm³/mol. The summed E-state index contributed by atoms with van der Waals surface area (Å²) in [5, 5.41) is 8.06. The second-order valence-electron chi connectivity index (χ2n) is 3.73. The number of nitrogen functional groups attached to an aromatic ring is 1. The van der Waals surface area contributed by atoms with E-state index in [9.17, 15) is 0 Å². The molecular formula is C13H12ClN3. The Kier molecular flexibility index (Phi) is 3.40. The lowest BCUT2D eigenvalue weighted by atomic mass is 10.1. The molecule has 0 unspecified atom stereocenters. The molecule has 0 fully saturated rings. The van der Waals surface area contributed by atoms with Crippen molar-refractivity contribution in [1.29, 1.82) is 5.41 Å². The first-order valence-corrected chi connectivity index (χ1v) is 5.58. The Labute approximate surface area is 105 Å². The minimum atomic E-state index is -0.0112. The van der Waals surface area contributed by atoms with Crippen molar-refractivity contribution >= 4 is 17.4 Å². The Balaban J connectivity index is 2.21. The van der Waals surface area contributed by atoms with E-state index in [1.54, 1.807) is 6.07 Å². The van der Waals surface area contributed by atoms with Crippen molar-refractivity contribution in [3.63, 3.8) is 0 Å². The van der Waals surface area contributed by atoms with Crippen LogP contribution in [0.4, 0.5) is 0 Å². The van der Waals surface area contributed by atoms with Gasteiger partial charge in [0, 0.05) is 17.1 Å². The second kappa shape index (κ2) is 4.97. The number of nitrogens with two attached hydrogens (primary N) is 1. The van der Waals surface area contributed by atoms with Crippen LogP contribution in [0.5, 0.6) is 0 Å². The number of benzene rings is 1. The summed E-state index contributed by atoms with van der Waals surface area (Å²) >= 11 is 5.82. The summed E-state index contributed by atoms with van der Waals surface area (Å²) in [6, 6.07) is 13.1. The molecule has 4 heteroatoms. The van der Waals surface area contributed by atoms with E-state index in [0.29, 0.717) is 12.1 Å². The highest BCUT2D eigenvalue weighted by molar-refractivity contribution is 6.30. The van der Waals surface area contributed by atoms with Gasteiger partial charge in [-0.25, -0.2) is 4.98 Å². The molecule has 2 rings (SSSR count). The number of rotatable bonds is 3. The predicted octanol–water partition coefficient (Wildman–Crippen LogP) is 2.61. The molecule has 1 aromatic heterocycles. The number of halogens is 1. The van der Waals surface area contributed by atoms with Gasteiger partial charge < -0.3 is 5.73 Å². The van der Waals surface area contributed by atoms with Gasteiger partial charge in [0.05, 0.1) is 0 Å². The molecule has 0 radical (unpaired) electrons. The maximum absolute atomic E-state index is 7.34. The van der Waals surface area contributed by atoms with Crippen molar-refractivity contribution < 1.29 is 0 Å². The number of nitrogens with one attached hydrogen (secondary N) is 1. The molecule has 86 valence electrons. The van der Waals surface area contributed by atoms with Crippen LogP contribution < -0.4 is 5.73 Å². The fourth-order valence-corrected chi connectivity index (χ4v) is 1.67. The maximum Gasteiger partial charge on any atom is 0.141 e. The van der Waals surface area contributed by atoms with Crippen LogP contribution in [0.25, 0.3) is 0 Å². The molecule has 0 saturated carbocycles. The molecule has 0 aliphatic carbocycles. The van der Waals surface area contributed by atoms with E-state index in [-0.39, 0.29) is 5.84 Å². The molecule has 0 atom stereocenters. The molecule has 3 nitrogen and oxygen atoms in total. The van der Waals surface area contributed by atoms with Crippen LogP contribution in [0.15, 0.2) is 42.5 Å². The molecular weight excluding hydrogens is 234 g/mol. The number of amidine groups is 1. The Bertz CT molecular complexity index is 535. The SMILES string of the molecule is N=C(N)c1cccc(Cc2ccc(Cl)cc2)n1. The zero-order chi connectivity index (χ0) is 12.3. The van der Waals surface area contributed by atoms with Crippen LogP contribution >= 0.6 is 11.6 Å². The summed E-state index contributed by atoms with van der Waals surface area (Å²) < 4.78 is 0. The summed E-state index contributed by atoms with van der Waals surface area (Å²) in [4.78, 5) is 4.31. The number of hydrogen-bond donors (Lipinski definition) is 2. The average Bonchev–Trinajstić information content (AvgIpc) is 2.32. The number of aromatic nitrogens is 1.